The molecule has 2 heterocycles. The maximum atomic E-state index is 12.7. The van der Waals surface area contributed by atoms with Crippen LogP contribution in [0.1, 0.15) is 12.5 Å². The number of H-pyrrole nitrogens is 2. The summed E-state index contributed by atoms with van der Waals surface area (Å²) in [5, 5.41) is 0. The van der Waals surface area contributed by atoms with E-state index in [1.807, 2.05) is 30.3 Å². The van der Waals surface area contributed by atoms with Crippen LogP contribution in [0.2, 0.25) is 0 Å². The highest BCUT2D eigenvalue weighted by atomic mass is 16.2. The van der Waals surface area contributed by atoms with Gasteiger partial charge in [0.15, 0.2) is 0 Å². The summed E-state index contributed by atoms with van der Waals surface area (Å²) in [6.07, 6.45) is 1.77. The fraction of sp³-hybridized carbons (Fsp3) is 0.0556. The van der Waals surface area contributed by atoms with Crippen LogP contribution in [0.4, 0.5) is 5.69 Å². The third-order valence-electron chi connectivity index (χ3n) is 3.89. The van der Waals surface area contributed by atoms with E-state index in [1.54, 1.807) is 36.1 Å². The molecule has 0 radical (unpaired) electrons. The number of aromatic amines is 2. The Bertz CT molecular complexity index is 1060. The highest BCUT2D eigenvalue weighted by molar-refractivity contribution is 6.28. The molecule has 3 aromatic rings. The third kappa shape index (κ3) is 2.34. The number of imidazole rings is 1. The molecular weight excluding hydrogens is 304 g/mol. The number of anilines is 1. The van der Waals surface area contributed by atoms with Gasteiger partial charge >= 0.3 is 5.69 Å². The van der Waals surface area contributed by atoms with Crippen LogP contribution in [0.25, 0.3) is 17.1 Å². The van der Waals surface area contributed by atoms with Crippen LogP contribution in [0, 0.1) is 0 Å². The van der Waals surface area contributed by atoms with Gasteiger partial charge in [-0.05, 0) is 36.8 Å². The van der Waals surface area contributed by atoms with E-state index in [1.165, 1.54) is 0 Å². The maximum Gasteiger partial charge on any atom is 0.323 e. The molecule has 4 rings (SSSR count). The Morgan fingerprint density at radius 2 is 1.75 bits per heavy atom. The zero-order chi connectivity index (χ0) is 16.7. The van der Waals surface area contributed by atoms with Crippen molar-refractivity contribution in [1.29, 1.82) is 0 Å². The number of aromatic nitrogens is 2. The second-order valence-electron chi connectivity index (χ2n) is 5.55. The van der Waals surface area contributed by atoms with Crippen molar-refractivity contribution in [2.24, 2.45) is 4.99 Å². The molecule has 6 heteroatoms. The molecule has 6 nitrogen and oxygen atoms in total. The first-order valence-corrected chi connectivity index (χ1v) is 7.50. The molecule has 0 aliphatic carbocycles. The molecule has 118 valence electrons. The Balaban J connectivity index is 1.73. The van der Waals surface area contributed by atoms with Gasteiger partial charge in [0.05, 0.1) is 16.7 Å². The Hall–Kier alpha value is -3.41. The summed E-state index contributed by atoms with van der Waals surface area (Å²) in [7, 11) is 0. The summed E-state index contributed by atoms with van der Waals surface area (Å²) in [6, 6.07) is 14.9. The van der Waals surface area contributed by atoms with Crippen molar-refractivity contribution in [3.63, 3.8) is 0 Å². The van der Waals surface area contributed by atoms with Gasteiger partial charge in [0.2, 0.25) is 0 Å². The van der Waals surface area contributed by atoms with E-state index in [4.69, 9.17) is 0 Å². The standard InChI is InChI=1S/C18H14N4O2/c1-11-19-16(9-12-5-3-2-4-6-12)17(23)22(11)13-7-8-14-15(10-13)21-18(24)20-14/h2-10H,1H3,(H2,20,21,24)/b16-9-. The van der Waals surface area contributed by atoms with Crippen LogP contribution < -0.4 is 10.6 Å². The number of carbonyl (C=O) groups is 1. The lowest BCUT2D eigenvalue weighted by molar-refractivity contribution is -0.113. The topological polar surface area (TPSA) is 81.3 Å². The van der Waals surface area contributed by atoms with Crippen molar-refractivity contribution < 1.29 is 4.79 Å². The average Bonchev–Trinajstić information content (AvgIpc) is 3.06. The van der Waals surface area contributed by atoms with Crippen LogP contribution >= 0.6 is 0 Å². The van der Waals surface area contributed by atoms with Crippen molar-refractivity contribution in [1.82, 2.24) is 9.97 Å². The first kappa shape index (κ1) is 14.2. The number of rotatable bonds is 2. The molecule has 1 amide bonds. The second kappa shape index (κ2) is 5.34. The second-order valence-corrected chi connectivity index (χ2v) is 5.55. The molecule has 2 aromatic carbocycles. The van der Waals surface area contributed by atoms with E-state index in [-0.39, 0.29) is 11.6 Å². The molecule has 1 aliphatic rings. The molecule has 0 bridgehead atoms. The predicted molar refractivity (Wildman–Crippen MR) is 93.9 cm³/mol. The van der Waals surface area contributed by atoms with Crippen molar-refractivity contribution >= 4 is 34.5 Å². The maximum absolute atomic E-state index is 12.7. The summed E-state index contributed by atoms with van der Waals surface area (Å²) in [5.74, 6) is 0.410. The molecule has 1 aromatic heterocycles. The summed E-state index contributed by atoms with van der Waals surface area (Å²) >= 11 is 0. The van der Waals surface area contributed by atoms with E-state index in [0.717, 1.165) is 5.56 Å². The van der Waals surface area contributed by atoms with Crippen LogP contribution in [0.5, 0.6) is 0 Å². The minimum absolute atomic E-state index is 0.186. The SMILES string of the molecule is CC1=N/C(=C\c2ccccc2)C(=O)N1c1ccc2[nH]c(=O)[nH]c2c1. The van der Waals surface area contributed by atoms with Crippen molar-refractivity contribution in [3.8, 4) is 0 Å². The van der Waals surface area contributed by atoms with E-state index < -0.39 is 0 Å². The number of benzene rings is 2. The number of nitrogens with zero attached hydrogens (tertiary/aromatic N) is 2. The number of nitrogens with one attached hydrogen (secondary N) is 2. The van der Waals surface area contributed by atoms with Gasteiger partial charge in [-0.1, -0.05) is 30.3 Å². The molecule has 0 atom stereocenters. The lowest BCUT2D eigenvalue weighted by Crippen LogP contribution is -2.30. The van der Waals surface area contributed by atoms with Gasteiger partial charge in [0.25, 0.3) is 5.91 Å². The van der Waals surface area contributed by atoms with Crippen LogP contribution in [-0.4, -0.2) is 21.7 Å². The summed E-state index contributed by atoms with van der Waals surface area (Å²) in [5.41, 5.74) is 3.06. The fourth-order valence-corrected chi connectivity index (χ4v) is 2.80. The quantitative estimate of drug-likeness (QED) is 0.712. The molecular formula is C18H14N4O2. The van der Waals surface area contributed by atoms with E-state index >= 15 is 0 Å². The molecule has 0 unspecified atom stereocenters. The van der Waals surface area contributed by atoms with Crippen LogP contribution in [-0.2, 0) is 4.79 Å². The third-order valence-corrected chi connectivity index (χ3v) is 3.89. The van der Waals surface area contributed by atoms with E-state index in [9.17, 15) is 9.59 Å². The Morgan fingerprint density at radius 3 is 2.54 bits per heavy atom. The number of fused-ring (bicyclic) bond motifs is 1. The fourth-order valence-electron chi connectivity index (χ4n) is 2.80. The zero-order valence-electron chi connectivity index (χ0n) is 12.9. The first-order valence-electron chi connectivity index (χ1n) is 7.50. The largest absolute Gasteiger partial charge is 0.323 e. The molecule has 0 spiro atoms. The van der Waals surface area contributed by atoms with Gasteiger partial charge < -0.3 is 9.97 Å². The normalized spacial score (nSPS) is 16.2. The highest BCUT2D eigenvalue weighted by Crippen LogP contribution is 2.26. The lowest BCUT2D eigenvalue weighted by atomic mass is 10.2. The number of hydrogen-bond acceptors (Lipinski definition) is 3. The Morgan fingerprint density at radius 1 is 1.00 bits per heavy atom. The van der Waals surface area contributed by atoms with Crippen molar-refractivity contribution in [2.45, 2.75) is 6.92 Å². The summed E-state index contributed by atoms with van der Waals surface area (Å²) in [6.45, 7) is 1.79. The number of aliphatic imine (C=N–C) groups is 1. The van der Waals surface area contributed by atoms with Gasteiger partial charge in [-0.25, -0.2) is 9.79 Å². The summed E-state index contributed by atoms with van der Waals surface area (Å²) < 4.78 is 0. The number of amidine groups is 1. The molecule has 0 saturated heterocycles. The van der Waals surface area contributed by atoms with Crippen LogP contribution in [0.3, 0.4) is 0 Å². The molecule has 1 aliphatic heterocycles. The molecule has 2 N–H and O–H groups in total. The van der Waals surface area contributed by atoms with Gasteiger partial charge in [0, 0.05) is 0 Å². The molecule has 0 saturated carbocycles. The lowest BCUT2D eigenvalue weighted by Gasteiger charge is -2.15. The molecule has 24 heavy (non-hydrogen) atoms. The summed E-state index contributed by atoms with van der Waals surface area (Å²) in [4.78, 5) is 35.4. The Labute approximate surface area is 137 Å². The number of carbonyl (C=O) groups excluding carboxylic acids is 1. The Kier molecular flexibility index (Phi) is 3.16. The minimum atomic E-state index is -0.273. The molecule has 0 fully saturated rings. The first-order chi connectivity index (χ1) is 11.6. The predicted octanol–water partition coefficient (Wildman–Crippen LogP) is 2.66. The average molecular weight is 318 g/mol. The highest BCUT2D eigenvalue weighted by Gasteiger charge is 2.29. The van der Waals surface area contributed by atoms with Crippen LogP contribution in [0.15, 0.2) is 64.0 Å². The number of amides is 1. The van der Waals surface area contributed by atoms with E-state index in [2.05, 4.69) is 15.0 Å². The van der Waals surface area contributed by atoms with Gasteiger partial charge in [-0.3, -0.25) is 9.69 Å². The van der Waals surface area contributed by atoms with Crippen molar-refractivity contribution in [3.05, 3.63) is 70.3 Å². The van der Waals surface area contributed by atoms with Gasteiger partial charge in [0.1, 0.15) is 11.5 Å². The van der Waals surface area contributed by atoms with Gasteiger partial charge in [-0.15, -0.1) is 0 Å². The smallest absolute Gasteiger partial charge is 0.306 e. The number of hydrogen-bond donors (Lipinski definition) is 2. The van der Waals surface area contributed by atoms with E-state index in [0.29, 0.717) is 28.3 Å². The monoisotopic (exact) mass is 318 g/mol. The minimum Gasteiger partial charge on any atom is -0.306 e. The van der Waals surface area contributed by atoms with Gasteiger partial charge in [-0.2, -0.15) is 0 Å². The van der Waals surface area contributed by atoms with Crippen molar-refractivity contribution in [2.75, 3.05) is 4.90 Å². The zero-order valence-corrected chi connectivity index (χ0v) is 12.9.